The number of sulfone groups is 1. The summed E-state index contributed by atoms with van der Waals surface area (Å²) in [5.41, 5.74) is 0.144. The van der Waals surface area contributed by atoms with Crippen molar-refractivity contribution in [2.24, 2.45) is 0 Å². The van der Waals surface area contributed by atoms with Crippen LogP contribution >= 0.6 is 7.60 Å². The number of nitrogens with zero attached hydrogens (tertiary/aromatic N) is 1. The van der Waals surface area contributed by atoms with Crippen LogP contribution in [-0.2, 0) is 20.6 Å². The molecule has 3 rings (SSSR count). The molecule has 188 valence electrons. The first-order valence-corrected chi connectivity index (χ1v) is 14.9. The van der Waals surface area contributed by atoms with Crippen LogP contribution < -0.4 is 4.74 Å². The Kier molecular flexibility index (Phi) is 8.28. The molecule has 0 spiro atoms. The average Bonchev–Trinajstić information content (AvgIpc) is 2.83. The number of hydroxylamine groups is 2. The van der Waals surface area contributed by atoms with Crippen molar-refractivity contribution < 1.29 is 32.7 Å². The van der Waals surface area contributed by atoms with Gasteiger partial charge < -0.3 is 19.7 Å². The van der Waals surface area contributed by atoms with E-state index in [2.05, 4.69) is 0 Å². The van der Waals surface area contributed by atoms with E-state index in [9.17, 15) is 28.0 Å². The van der Waals surface area contributed by atoms with Gasteiger partial charge in [0.25, 0.3) is 0 Å². The Labute approximate surface area is 201 Å². The number of hydrogen-bond donors (Lipinski definition) is 3. The van der Waals surface area contributed by atoms with Crippen LogP contribution in [0.4, 0.5) is 0 Å². The third-order valence-electron chi connectivity index (χ3n) is 6.43. The molecule has 0 radical (unpaired) electrons. The van der Waals surface area contributed by atoms with E-state index < -0.39 is 35.2 Å². The Morgan fingerprint density at radius 1 is 1.12 bits per heavy atom. The van der Waals surface area contributed by atoms with Crippen LogP contribution in [0.1, 0.15) is 68.7 Å². The molecule has 2 atom stereocenters. The number of rotatable bonds is 9. The predicted octanol–water partition coefficient (Wildman–Crippen LogP) is 4.67. The topological polar surface area (TPSA) is 124 Å². The Bertz CT molecular complexity index is 1150. The monoisotopic (exact) mass is 511 g/mol. The van der Waals surface area contributed by atoms with Crippen LogP contribution in [0.15, 0.2) is 47.4 Å². The highest BCUT2D eigenvalue weighted by atomic mass is 32.2. The van der Waals surface area contributed by atoms with Crippen molar-refractivity contribution in [3.05, 3.63) is 59.2 Å². The van der Waals surface area contributed by atoms with Crippen LogP contribution in [-0.4, -0.2) is 46.9 Å². The standard InChI is InChI=1S/C24H34NO7PS/c1-4-6-13-24(12-5-2)17-34(30,31)22-14-19(16-33(27,28)29)21(32-3)15-20(22)23(25(24)26)18-10-8-7-9-11-18/h7-11,14-15,23,26H,4-6,12-13,16-17H2,1-3H3,(H2,27,28,29)/t23-,24-/m1/s1. The third kappa shape index (κ3) is 5.56. The van der Waals surface area contributed by atoms with Crippen molar-refractivity contribution in [1.29, 1.82) is 0 Å². The van der Waals surface area contributed by atoms with Crippen molar-refractivity contribution in [1.82, 2.24) is 5.06 Å². The minimum absolute atomic E-state index is 0.0286. The number of unbranched alkanes of at least 4 members (excludes halogenated alkanes) is 1. The molecule has 0 unspecified atom stereocenters. The molecule has 0 fully saturated rings. The maximum atomic E-state index is 13.8. The van der Waals surface area contributed by atoms with Gasteiger partial charge >= 0.3 is 7.60 Å². The van der Waals surface area contributed by atoms with Gasteiger partial charge in [0.15, 0.2) is 9.84 Å². The van der Waals surface area contributed by atoms with Gasteiger partial charge in [-0.25, -0.2) is 8.42 Å². The minimum Gasteiger partial charge on any atom is -0.496 e. The van der Waals surface area contributed by atoms with E-state index in [-0.39, 0.29) is 22.0 Å². The molecule has 2 aromatic carbocycles. The van der Waals surface area contributed by atoms with Crippen LogP contribution in [0.5, 0.6) is 5.75 Å². The Morgan fingerprint density at radius 2 is 1.79 bits per heavy atom. The van der Waals surface area contributed by atoms with Crippen molar-refractivity contribution >= 4 is 17.4 Å². The number of hydrogen-bond acceptors (Lipinski definition) is 6. The summed E-state index contributed by atoms with van der Waals surface area (Å²) in [5, 5.41) is 13.0. The summed E-state index contributed by atoms with van der Waals surface area (Å²) in [7, 11) is -7.05. The zero-order valence-corrected chi connectivity index (χ0v) is 21.6. The maximum absolute atomic E-state index is 13.8. The summed E-state index contributed by atoms with van der Waals surface area (Å²) in [5.74, 6) is -0.120. The molecule has 0 amide bonds. The van der Waals surface area contributed by atoms with Crippen molar-refractivity contribution in [2.75, 3.05) is 12.9 Å². The largest absolute Gasteiger partial charge is 0.496 e. The van der Waals surface area contributed by atoms with Gasteiger partial charge in [0, 0.05) is 5.56 Å². The molecule has 0 saturated heterocycles. The first-order valence-electron chi connectivity index (χ1n) is 11.5. The molecule has 1 heterocycles. The van der Waals surface area contributed by atoms with Crippen LogP contribution in [0.25, 0.3) is 0 Å². The summed E-state index contributed by atoms with van der Waals surface area (Å²) in [4.78, 5) is 19.1. The smallest absolute Gasteiger partial charge is 0.330 e. The van der Waals surface area contributed by atoms with Crippen LogP contribution in [0.2, 0.25) is 0 Å². The first kappa shape index (κ1) is 26.9. The lowest BCUT2D eigenvalue weighted by Crippen LogP contribution is -2.51. The van der Waals surface area contributed by atoms with Gasteiger partial charge in [0.1, 0.15) is 5.75 Å². The predicted molar refractivity (Wildman–Crippen MR) is 130 cm³/mol. The molecule has 1 aliphatic rings. The Balaban J connectivity index is 2.35. The van der Waals surface area contributed by atoms with Crippen LogP contribution in [0, 0.1) is 0 Å². The highest BCUT2D eigenvalue weighted by Crippen LogP contribution is 2.48. The minimum atomic E-state index is -4.49. The molecular weight excluding hydrogens is 477 g/mol. The zero-order chi connectivity index (χ0) is 25.1. The van der Waals surface area contributed by atoms with E-state index in [4.69, 9.17) is 4.74 Å². The normalized spacial score (nSPS) is 22.7. The summed E-state index contributed by atoms with van der Waals surface area (Å²) < 4.78 is 44.8. The summed E-state index contributed by atoms with van der Waals surface area (Å²) in [6.45, 7) is 3.99. The number of methoxy groups -OCH3 is 1. The van der Waals surface area contributed by atoms with E-state index in [1.807, 2.05) is 44.2 Å². The van der Waals surface area contributed by atoms with E-state index >= 15 is 0 Å². The summed E-state index contributed by atoms with van der Waals surface area (Å²) >= 11 is 0. The molecule has 0 aromatic heterocycles. The second kappa shape index (κ2) is 10.5. The highest BCUT2D eigenvalue weighted by Gasteiger charge is 2.48. The van der Waals surface area contributed by atoms with E-state index in [0.717, 1.165) is 12.8 Å². The molecule has 0 aliphatic carbocycles. The first-order chi connectivity index (χ1) is 16.0. The molecule has 0 saturated carbocycles. The average molecular weight is 512 g/mol. The van der Waals surface area contributed by atoms with Crippen molar-refractivity contribution in [3.63, 3.8) is 0 Å². The molecular formula is C24H34NO7PS. The third-order valence-corrected chi connectivity index (χ3v) is 9.13. The number of ether oxygens (including phenoxy) is 1. The second-order valence-electron chi connectivity index (χ2n) is 9.02. The van der Waals surface area contributed by atoms with Gasteiger partial charge in [-0.1, -0.05) is 63.4 Å². The van der Waals surface area contributed by atoms with E-state index in [1.165, 1.54) is 24.3 Å². The molecule has 1 aliphatic heterocycles. The van der Waals surface area contributed by atoms with Gasteiger partial charge in [-0.05, 0) is 36.1 Å². The lowest BCUT2D eigenvalue weighted by atomic mass is 9.86. The molecule has 8 nitrogen and oxygen atoms in total. The number of benzene rings is 2. The van der Waals surface area contributed by atoms with Crippen molar-refractivity contribution in [2.45, 2.75) is 68.6 Å². The lowest BCUT2D eigenvalue weighted by molar-refractivity contribution is -0.194. The summed E-state index contributed by atoms with van der Waals surface area (Å²) in [6, 6.07) is 11.2. The maximum Gasteiger partial charge on any atom is 0.330 e. The van der Waals surface area contributed by atoms with Gasteiger partial charge in [0.05, 0.1) is 35.5 Å². The van der Waals surface area contributed by atoms with Gasteiger partial charge in [-0.3, -0.25) is 4.57 Å². The van der Waals surface area contributed by atoms with Gasteiger partial charge in [0.2, 0.25) is 0 Å². The Hall–Kier alpha value is -1.74. The number of fused-ring (bicyclic) bond motifs is 1. The lowest BCUT2D eigenvalue weighted by Gasteiger charge is -2.42. The fraction of sp³-hybridized carbons (Fsp3) is 0.500. The van der Waals surface area contributed by atoms with Crippen molar-refractivity contribution in [3.8, 4) is 5.75 Å². The van der Waals surface area contributed by atoms with E-state index in [1.54, 1.807) is 0 Å². The molecule has 0 bridgehead atoms. The SMILES string of the molecule is CCCC[C@]1(CCC)CS(=O)(=O)c2cc(CP(=O)(O)O)c(OC)cc2[C@@H](c2ccccc2)N1O. The second-order valence-corrected chi connectivity index (χ2v) is 12.6. The molecule has 34 heavy (non-hydrogen) atoms. The van der Waals surface area contributed by atoms with Gasteiger partial charge in [-0.15, -0.1) is 0 Å². The molecule has 2 aromatic rings. The highest BCUT2D eigenvalue weighted by molar-refractivity contribution is 7.91. The zero-order valence-electron chi connectivity index (χ0n) is 19.8. The quantitative estimate of drug-likeness (QED) is 0.415. The van der Waals surface area contributed by atoms with E-state index in [0.29, 0.717) is 30.4 Å². The Morgan fingerprint density at radius 3 is 2.35 bits per heavy atom. The van der Waals surface area contributed by atoms with Crippen LogP contribution in [0.3, 0.4) is 0 Å². The van der Waals surface area contributed by atoms with Gasteiger partial charge in [-0.2, -0.15) is 5.06 Å². The fourth-order valence-corrected chi connectivity index (χ4v) is 7.79. The fourth-order valence-electron chi connectivity index (χ4n) is 4.97. The summed E-state index contributed by atoms with van der Waals surface area (Å²) in [6.07, 6.45) is 2.61. The molecule has 3 N–H and O–H groups in total. The molecule has 10 heteroatoms.